The highest BCUT2D eigenvalue weighted by Crippen LogP contribution is 2.11. The van der Waals surface area contributed by atoms with Gasteiger partial charge < -0.3 is 20.1 Å². The summed E-state index contributed by atoms with van der Waals surface area (Å²) in [6, 6.07) is 6.96. The molecule has 6 nitrogen and oxygen atoms in total. The van der Waals surface area contributed by atoms with Crippen molar-refractivity contribution in [3.8, 4) is 0 Å². The van der Waals surface area contributed by atoms with Crippen LogP contribution in [0.4, 0.5) is 4.79 Å². The average molecular weight is 294 g/mol. The molecule has 0 aromatic heterocycles. The molecule has 0 aliphatic heterocycles. The molecule has 0 radical (unpaired) electrons. The van der Waals surface area contributed by atoms with Crippen molar-refractivity contribution in [1.29, 1.82) is 0 Å². The molecule has 0 unspecified atom stereocenters. The summed E-state index contributed by atoms with van der Waals surface area (Å²) >= 11 is 0. The first-order valence-corrected chi connectivity index (χ1v) is 6.94. The Labute approximate surface area is 124 Å². The number of hydrogen-bond acceptors (Lipinski definition) is 4. The Hall–Kier alpha value is -2.08. The van der Waals surface area contributed by atoms with Crippen LogP contribution in [0.3, 0.4) is 0 Å². The molecular formula is C15H22N2O4. The van der Waals surface area contributed by atoms with Crippen LogP contribution in [0.1, 0.15) is 29.3 Å². The molecule has 2 N–H and O–H groups in total. The summed E-state index contributed by atoms with van der Waals surface area (Å²) in [4.78, 5) is 23.1. The van der Waals surface area contributed by atoms with Gasteiger partial charge in [0.2, 0.25) is 0 Å². The van der Waals surface area contributed by atoms with Crippen molar-refractivity contribution in [2.75, 3.05) is 26.8 Å². The predicted octanol–water partition coefficient (Wildman–Crippen LogP) is 1.70. The van der Waals surface area contributed by atoms with Crippen LogP contribution in [0.25, 0.3) is 0 Å². The van der Waals surface area contributed by atoms with Crippen LogP contribution in [0.2, 0.25) is 0 Å². The van der Waals surface area contributed by atoms with Gasteiger partial charge in [0.05, 0.1) is 18.8 Å². The van der Waals surface area contributed by atoms with E-state index >= 15 is 0 Å². The van der Waals surface area contributed by atoms with Crippen molar-refractivity contribution in [2.24, 2.45) is 0 Å². The second-order valence-corrected chi connectivity index (χ2v) is 4.37. The maximum Gasteiger partial charge on any atom is 0.338 e. The van der Waals surface area contributed by atoms with Crippen molar-refractivity contribution in [3.05, 3.63) is 35.4 Å². The fourth-order valence-electron chi connectivity index (χ4n) is 1.74. The molecule has 1 rings (SSSR count). The standard InChI is InChI=1S/C15H22N2O4/c1-3-16-15(19)17-9-6-10-21-14(18)13-8-5-4-7-12(13)11-20-2/h4-5,7-8H,3,6,9-11H2,1-2H3,(H2,16,17,19). The first-order valence-electron chi connectivity index (χ1n) is 6.94. The second-order valence-electron chi connectivity index (χ2n) is 4.37. The summed E-state index contributed by atoms with van der Waals surface area (Å²) in [5, 5.41) is 5.29. The van der Waals surface area contributed by atoms with Gasteiger partial charge in [-0.25, -0.2) is 9.59 Å². The molecule has 0 fully saturated rings. The Morgan fingerprint density at radius 1 is 1.19 bits per heavy atom. The Kier molecular flexibility index (Phi) is 7.89. The van der Waals surface area contributed by atoms with Gasteiger partial charge in [-0.3, -0.25) is 0 Å². The number of esters is 1. The number of urea groups is 1. The molecule has 0 aliphatic carbocycles. The largest absolute Gasteiger partial charge is 0.462 e. The predicted molar refractivity (Wildman–Crippen MR) is 79.1 cm³/mol. The number of ether oxygens (including phenoxy) is 2. The van der Waals surface area contributed by atoms with Gasteiger partial charge in [0.25, 0.3) is 0 Å². The minimum atomic E-state index is -0.374. The zero-order valence-electron chi connectivity index (χ0n) is 12.5. The minimum absolute atomic E-state index is 0.214. The van der Waals surface area contributed by atoms with E-state index in [0.717, 1.165) is 5.56 Å². The Morgan fingerprint density at radius 3 is 2.67 bits per heavy atom. The number of amides is 2. The van der Waals surface area contributed by atoms with E-state index in [1.54, 1.807) is 19.2 Å². The minimum Gasteiger partial charge on any atom is -0.462 e. The zero-order valence-corrected chi connectivity index (χ0v) is 12.5. The molecule has 116 valence electrons. The van der Waals surface area contributed by atoms with Crippen molar-refractivity contribution in [2.45, 2.75) is 20.0 Å². The number of methoxy groups -OCH3 is 1. The fourth-order valence-corrected chi connectivity index (χ4v) is 1.74. The number of nitrogens with one attached hydrogen (secondary N) is 2. The third-order valence-electron chi connectivity index (χ3n) is 2.71. The Morgan fingerprint density at radius 2 is 1.95 bits per heavy atom. The number of hydrogen-bond donors (Lipinski definition) is 2. The lowest BCUT2D eigenvalue weighted by Crippen LogP contribution is -2.36. The van der Waals surface area contributed by atoms with Crippen LogP contribution in [0.15, 0.2) is 24.3 Å². The van der Waals surface area contributed by atoms with Crippen molar-refractivity contribution >= 4 is 12.0 Å². The fraction of sp³-hybridized carbons (Fsp3) is 0.467. The normalized spacial score (nSPS) is 10.0. The van der Waals surface area contributed by atoms with Crippen LogP contribution >= 0.6 is 0 Å². The van der Waals surface area contributed by atoms with Crippen LogP contribution < -0.4 is 10.6 Å². The van der Waals surface area contributed by atoms with E-state index < -0.39 is 0 Å². The first-order chi connectivity index (χ1) is 10.2. The number of carbonyl (C=O) groups excluding carboxylic acids is 2. The number of benzene rings is 1. The third-order valence-corrected chi connectivity index (χ3v) is 2.71. The monoisotopic (exact) mass is 294 g/mol. The molecule has 0 atom stereocenters. The molecule has 0 aliphatic rings. The van der Waals surface area contributed by atoms with E-state index in [4.69, 9.17) is 9.47 Å². The molecule has 21 heavy (non-hydrogen) atoms. The molecule has 2 amide bonds. The van der Waals surface area contributed by atoms with E-state index in [2.05, 4.69) is 10.6 Å². The quantitative estimate of drug-likeness (QED) is 0.565. The van der Waals surface area contributed by atoms with Gasteiger partial charge in [-0.15, -0.1) is 0 Å². The average Bonchev–Trinajstić information content (AvgIpc) is 2.48. The van der Waals surface area contributed by atoms with E-state index in [-0.39, 0.29) is 18.6 Å². The highest BCUT2D eigenvalue weighted by atomic mass is 16.5. The maximum absolute atomic E-state index is 12.0. The first kappa shape index (κ1) is 17.0. The van der Waals surface area contributed by atoms with E-state index in [9.17, 15) is 9.59 Å². The van der Waals surface area contributed by atoms with Crippen molar-refractivity contribution in [1.82, 2.24) is 10.6 Å². The van der Waals surface area contributed by atoms with Crippen LogP contribution in [0, 0.1) is 0 Å². The third kappa shape index (κ3) is 6.27. The van der Waals surface area contributed by atoms with Gasteiger partial charge in [0, 0.05) is 20.2 Å². The summed E-state index contributed by atoms with van der Waals surface area (Å²) in [6.45, 7) is 3.51. The zero-order chi connectivity index (χ0) is 15.5. The Bertz CT molecular complexity index is 463. The second kappa shape index (κ2) is 9.77. The topological polar surface area (TPSA) is 76.7 Å². The highest BCUT2D eigenvalue weighted by Gasteiger charge is 2.11. The lowest BCUT2D eigenvalue weighted by Gasteiger charge is -2.09. The smallest absolute Gasteiger partial charge is 0.338 e. The van der Waals surface area contributed by atoms with Crippen LogP contribution in [0.5, 0.6) is 0 Å². The van der Waals surface area contributed by atoms with E-state index in [0.29, 0.717) is 31.7 Å². The number of rotatable bonds is 8. The van der Waals surface area contributed by atoms with Crippen LogP contribution in [-0.2, 0) is 16.1 Å². The van der Waals surface area contributed by atoms with E-state index in [1.165, 1.54) is 0 Å². The molecule has 1 aromatic rings. The highest BCUT2D eigenvalue weighted by molar-refractivity contribution is 5.91. The summed E-state index contributed by atoms with van der Waals surface area (Å²) < 4.78 is 10.2. The van der Waals surface area contributed by atoms with Gasteiger partial charge in [-0.2, -0.15) is 0 Å². The van der Waals surface area contributed by atoms with Gasteiger partial charge >= 0.3 is 12.0 Å². The number of carbonyl (C=O) groups is 2. The molecular weight excluding hydrogens is 272 g/mol. The maximum atomic E-state index is 12.0. The van der Waals surface area contributed by atoms with E-state index in [1.807, 2.05) is 19.1 Å². The van der Waals surface area contributed by atoms with Gasteiger partial charge in [-0.05, 0) is 25.0 Å². The summed E-state index contributed by atoms with van der Waals surface area (Å²) in [5.41, 5.74) is 1.31. The molecule has 1 aromatic carbocycles. The lowest BCUT2D eigenvalue weighted by molar-refractivity contribution is 0.0497. The van der Waals surface area contributed by atoms with Gasteiger partial charge in [0.15, 0.2) is 0 Å². The lowest BCUT2D eigenvalue weighted by atomic mass is 10.1. The van der Waals surface area contributed by atoms with Crippen LogP contribution in [-0.4, -0.2) is 38.8 Å². The van der Waals surface area contributed by atoms with Crippen molar-refractivity contribution in [3.63, 3.8) is 0 Å². The summed E-state index contributed by atoms with van der Waals surface area (Å²) in [5.74, 6) is -0.374. The summed E-state index contributed by atoms with van der Waals surface area (Å²) in [6.07, 6.45) is 0.565. The Balaban J connectivity index is 2.32. The molecule has 0 saturated carbocycles. The SMILES string of the molecule is CCNC(=O)NCCCOC(=O)c1ccccc1COC. The molecule has 6 heteroatoms. The van der Waals surface area contributed by atoms with Gasteiger partial charge in [-0.1, -0.05) is 18.2 Å². The summed E-state index contributed by atoms with van der Waals surface area (Å²) in [7, 11) is 1.58. The van der Waals surface area contributed by atoms with Gasteiger partial charge in [0.1, 0.15) is 0 Å². The molecule has 0 saturated heterocycles. The molecule has 0 spiro atoms. The molecule has 0 bridgehead atoms. The van der Waals surface area contributed by atoms with Crippen molar-refractivity contribution < 1.29 is 19.1 Å². The molecule has 0 heterocycles.